The second-order valence-electron chi connectivity index (χ2n) is 5.35. The fraction of sp³-hybridized carbons (Fsp3) is 0.600. The molecule has 0 saturated heterocycles. The molecule has 1 saturated carbocycles. The van der Waals surface area contributed by atoms with E-state index in [2.05, 4.69) is 0 Å². The van der Waals surface area contributed by atoms with Crippen molar-refractivity contribution in [2.75, 3.05) is 13.7 Å². The molecule has 0 bridgehead atoms. The van der Waals surface area contributed by atoms with Crippen LogP contribution in [0.15, 0.2) is 18.2 Å². The summed E-state index contributed by atoms with van der Waals surface area (Å²) in [6.45, 7) is 0.253. The van der Waals surface area contributed by atoms with Gasteiger partial charge < -0.3 is 9.84 Å². The fourth-order valence-corrected chi connectivity index (χ4v) is 3.18. The van der Waals surface area contributed by atoms with Crippen molar-refractivity contribution in [1.29, 1.82) is 0 Å². The van der Waals surface area contributed by atoms with Crippen LogP contribution in [0, 0.1) is 5.41 Å². The topological polar surface area (TPSA) is 29.5 Å². The van der Waals surface area contributed by atoms with Crippen molar-refractivity contribution in [2.45, 2.75) is 38.5 Å². The number of methoxy groups -OCH3 is 1. The van der Waals surface area contributed by atoms with Crippen LogP contribution in [0.25, 0.3) is 0 Å². The molecule has 1 aliphatic rings. The van der Waals surface area contributed by atoms with E-state index < -0.39 is 0 Å². The Morgan fingerprint density at radius 3 is 2.61 bits per heavy atom. The Morgan fingerprint density at radius 2 is 2.00 bits per heavy atom. The summed E-state index contributed by atoms with van der Waals surface area (Å²) in [5.41, 5.74) is 1.14. The molecular weight excluding hydrogens is 248 g/mol. The molecule has 0 heterocycles. The highest BCUT2D eigenvalue weighted by Gasteiger charge is 2.32. The van der Waals surface area contributed by atoms with Crippen molar-refractivity contribution < 1.29 is 9.84 Å². The lowest BCUT2D eigenvalue weighted by molar-refractivity contribution is 0.0817. The van der Waals surface area contributed by atoms with Crippen LogP contribution in [0.1, 0.15) is 37.7 Å². The van der Waals surface area contributed by atoms with Crippen LogP contribution in [-0.4, -0.2) is 18.8 Å². The minimum absolute atomic E-state index is 0.0240. The number of rotatable bonds is 4. The van der Waals surface area contributed by atoms with E-state index in [0.717, 1.165) is 35.6 Å². The van der Waals surface area contributed by atoms with Gasteiger partial charge in [-0.25, -0.2) is 0 Å². The maximum atomic E-state index is 9.76. The molecule has 18 heavy (non-hydrogen) atoms. The average Bonchev–Trinajstić information content (AvgIpc) is 2.40. The largest absolute Gasteiger partial charge is 0.496 e. The molecule has 1 aromatic carbocycles. The summed E-state index contributed by atoms with van der Waals surface area (Å²) in [7, 11) is 1.68. The average molecular weight is 269 g/mol. The van der Waals surface area contributed by atoms with Crippen molar-refractivity contribution in [3.05, 3.63) is 28.8 Å². The molecule has 0 aliphatic heterocycles. The Bertz CT molecular complexity index is 397. The molecule has 0 unspecified atom stereocenters. The first-order valence-corrected chi connectivity index (χ1v) is 7.00. The molecule has 1 aromatic rings. The lowest BCUT2D eigenvalue weighted by atomic mass is 9.71. The first-order chi connectivity index (χ1) is 8.69. The lowest BCUT2D eigenvalue weighted by Gasteiger charge is -2.36. The smallest absolute Gasteiger partial charge is 0.122 e. The van der Waals surface area contributed by atoms with Crippen LogP contribution in [0.3, 0.4) is 0 Å². The maximum absolute atomic E-state index is 9.76. The predicted octanol–water partition coefficient (Wildman–Crippen LogP) is 3.83. The Labute approximate surface area is 114 Å². The van der Waals surface area contributed by atoms with Gasteiger partial charge in [0.15, 0.2) is 0 Å². The molecule has 0 radical (unpaired) electrons. The van der Waals surface area contributed by atoms with Gasteiger partial charge in [-0.15, -0.1) is 0 Å². The summed E-state index contributed by atoms with van der Waals surface area (Å²) in [5, 5.41) is 10.5. The van der Waals surface area contributed by atoms with Gasteiger partial charge in [-0.1, -0.05) is 30.9 Å². The molecule has 100 valence electrons. The third-order valence-electron chi connectivity index (χ3n) is 4.06. The van der Waals surface area contributed by atoms with Crippen LogP contribution in [0.4, 0.5) is 0 Å². The summed E-state index contributed by atoms with van der Waals surface area (Å²) in [5.74, 6) is 0.873. The van der Waals surface area contributed by atoms with E-state index in [9.17, 15) is 5.11 Å². The highest BCUT2D eigenvalue weighted by atomic mass is 35.5. The van der Waals surface area contributed by atoms with Crippen LogP contribution >= 0.6 is 11.6 Å². The van der Waals surface area contributed by atoms with E-state index in [-0.39, 0.29) is 12.0 Å². The van der Waals surface area contributed by atoms with Gasteiger partial charge in [0.1, 0.15) is 5.75 Å². The maximum Gasteiger partial charge on any atom is 0.122 e. The van der Waals surface area contributed by atoms with Crippen LogP contribution < -0.4 is 4.74 Å². The zero-order chi connectivity index (χ0) is 13.0. The van der Waals surface area contributed by atoms with Crippen molar-refractivity contribution >= 4 is 11.6 Å². The molecule has 2 rings (SSSR count). The zero-order valence-corrected chi connectivity index (χ0v) is 11.7. The minimum Gasteiger partial charge on any atom is -0.496 e. The fourth-order valence-electron chi connectivity index (χ4n) is 2.98. The molecule has 1 aliphatic carbocycles. The SMILES string of the molecule is COc1ccc(Cl)cc1CC1(CO)CCCCC1. The summed E-state index contributed by atoms with van der Waals surface area (Å²) >= 11 is 6.06. The van der Waals surface area contributed by atoms with Crippen molar-refractivity contribution in [3.63, 3.8) is 0 Å². The van der Waals surface area contributed by atoms with E-state index in [1.165, 1.54) is 19.3 Å². The van der Waals surface area contributed by atoms with E-state index in [4.69, 9.17) is 16.3 Å². The molecular formula is C15H21ClO2. The van der Waals surface area contributed by atoms with E-state index >= 15 is 0 Å². The summed E-state index contributed by atoms with van der Waals surface area (Å²) in [6.07, 6.45) is 6.76. The highest BCUT2D eigenvalue weighted by molar-refractivity contribution is 6.30. The highest BCUT2D eigenvalue weighted by Crippen LogP contribution is 2.40. The van der Waals surface area contributed by atoms with Crippen LogP contribution in [0.2, 0.25) is 5.02 Å². The Hall–Kier alpha value is -0.730. The third kappa shape index (κ3) is 2.99. The molecule has 3 heteroatoms. The number of halogens is 1. The Morgan fingerprint density at radius 1 is 1.28 bits per heavy atom. The summed E-state index contributed by atoms with van der Waals surface area (Å²) in [6, 6.07) is 5.72. The summed E-state index contributed by atoms with van der Waals surface area (Å²) < 4.78 is 5.39. The van der Waals surface area contributed by atoms with Crippen molar-refractivity contribution in [3.8, 4) is 5.75 Å². The van der Waals surface area contributed by atoms with Gasteiger partial charge in [0, 0.05) is 11.6 Å². The molecule has 0 aromatic heterocycles. The van der Waals surface area contributed by atoms with Gasteiger partial charge in [-0.05, 0) is 48.4 Å². The second kappa shape index (κ2) is 5.94. The quantitative estimate of drug-likeness (QED) is 0.899. The van der Waals surface area contributed by atoms with E-state index in [0.29, 0.717) is 0 Å². The van der Waals surface area contributed by atoms with E-state index in [1.807, 2.05) is 18.2 Å². The number of aliphatic hydroxyl groups is 1. The van der Waals surface area contributed by atoms with Crippen LogP contribution in [-0.2, 0) is 6.42 Å². The summed E-state index contributed by atoms with van der Waals surface area (Å²) in [4.78, 5) is 0. The third-order valence-corrected chi connectivity index (χ3v) is 4.29. The molecule has 1 fully saturated rings. The number of ether oxygens (including phenoxy) is 1. The molecule has 0 spiro atoms. The zero-order valence-electron chi connectivity index (χ0n) is 10.9. The van der Waals surface area contributed by atoms with Gasteiger partial charge in [0.25, 0.3) is 0 Å². The monoisotopic (exact) mass is 268 g/mol. The normalized spacial score (nSPS) is 18.6. The first kappa shape index (κ1) is 13.7. The Balaban J connectivity index is 2.23. The molecule has 0 atom stereocenters. The number of aliphatic hydroxyl groups excluding tert-OH is 1. The first-order valence-electron chi connectivity index (χ1n) is 6.62. The van der Waals surface area contributed by atoms with Gasteiger partial charge in [-0.2, -0.15) is 0 Å². The Kier molecular flexibility index (Phi) is 4.52. The number of benzene rings is 1. The van der Waals surface area contributed by atoms with Crippen molar-refractivity contribution in [2.24, 2.45) is 5.41 Å². The minimum atomic E-state index is 0.0240. The predicted molar refractivity (Wildman–Crippen MR) is 74.3 cm³/mol. The molecule has 0 amide bonds. The van der Waals surface area contributed by atoms with Gasteiger partial charge >= 0.3 is 0 Å². The molecule has 1 N–H and O–H groups in total. The standard InChI is InChI=1S/C15H21ClO2/c1-18-14-6-5-13(16)9-12(14)10-15(11-17)7-3-2-4-8-15/h5-6,9,17H,2-4,7-8,10-11H2,1H3. The van der Waals surface area contributed by atoms with Crippen molar-refractivity contribution in [1.82, 2.24) is 0 Å². The molecule has 2 nitrogen and oxygen atoms in total. The number of hydrogen-bond donors (Lipinski definition) is 1. The van der Waals surface area contributed by atoms with Crippen LogP contribution in [0.5, 0.6) is 5.75 Å². The number of hydrogen-bond acceptors (Lipinski definition) is 2. The van der Waals surface area contributed by atoms with Gasteiger partial charge in [0.2, 0.25) is 0 Å². The van der Waals surface area contributed by atoms with Gasteiger partial charge in [0.05, 0.1) is 7.11 Å². The van der Waals surface area contributed by atoms with Gasteiger partial charge in [-0.3, -0.25) is 0 Å². The second-order valence-corrected chi connectivity index (χ2v) is 5.79. The van der Waals surface area contributed by atoms with E-state index in [1.54, 1.807) is 7.11 Å². The lowest BCUT2D eigenvalue weighted by Crippen LogP contribution is -2.30.